The van der Waals surface area contributed by atoms with E-state index in [9.17, 15) is 0 Å². The van der Waals surface area contributed by atoms with Crippen LogP contribution < -0.4 is 10.2 Å². The van der Waals surface area contributed by atoms with Gasteiger partial charge in [0.15, 0.2) is 0 Å². The molecule has 0 bridgehead atoms. The third kappa shape index (κ3) is 3.23. The molecule has 2 aromatic rings. The maximum absolute atomic E-state index is 3.55. The van der Waals surface area contributed by atoms with Gasteiger partial charge in [0.05, 0.1) is 0 Å². The van der Waals surface area contributed by atoms with Crippen LogP contribution in [0.5, 0.6) is 0 Å². The van der Waals surface area contributed by atoms with Crippen molar-refractivity contribution in [2.45, 2.75) is 40.8 Å². The highest BCUT2D eigenvalue weighted by Gasteiger charge is 2.08. The molecule has 0 amide bonds. The van der Waals surface area contributed by atoms with Crippen molar-refractivity contribution in [2.24, 2.45) is 0 Å². The summed E-state index contributed by atoms with van der Waals surface area (Å²) >= 11 is 0. The first-order valence-corrected chi connectivity index (χ1v) is 7.61. The van der Waals surface area contributed by atoms with Gasteiger partial charge >= 0.3 is 0 Å². The molecule has 1 aromatic heterocycles. The van der Waals surface area contributed by atoms with Gasteiger partial charge in [-0.25, -0.2) is 0 Å². The first kappa shape index (κ1) is 15.5. The van der Waals surface area contributed by atoms with Crippen LogP contribution in [0.15, 0.2) is 24.3 Å². The van der Waals surface area contributed by atoms with Crippen LogP contribution in [-0.2, 0) is 13.1 Å². The van der Waals surface area contributed by atoms with Crippen molar-refractivity contribution < 1.29 is 0 Å². The molecular weight excluding hydrogens is 258 g/mol. The van der Waals surface area contributed by atoms with Gasteiger partial charge in [-0.2, -0.15) is 0 Å². The molecule has 0 saturated carbocycles. The normalized spacial score (nSPS) is 10.8. The zero-order chi connectivity index (χ0) is 15.6. The van der Waals surface area contributed by atoms with Crippen molar-refractivity contribution in [1.29, 1.82) is 0 Å². The molecular formula is C18H27N3. The monoisotopic (exact) mass is 285 g/mol. The van der Waals surface area contributed by atoms with Gasteiger partial charge in [0.2, 0.25) is 0 Å². The average molecular weight is 285 g/mol. The fourth-order valence-corrected chi connectivity index (χ4v) is 2.94. The zero-order valence-electron chi connectivity index (χ0n) is 14.1. The molecule has 0 unspecified atom stereocenters. The van der Waals surface area contributed by atoms with Crippen LogP contribution in [0.1, 0.15) is 29.4 Å². The molecule has 3 heteroatoms. The Morgan fingerprint density at radius 2 is 1.81 bits per heavy atom. The molecule has 1 aromatic carbocycles. The third-order valence-corrected chi connectivity index (χ3v) is 4.17. The number of hydrogen-bond acceptors (Lipinski definition) is 2. The summed E-state index contributed by atoms with van der Waals surface area (Å²) in [6, 6.07) is 8.83. The molecule has 21 heavy (non-hydrogen) atoms. The van der Waals surface area contributed by atoms with E-state index in [2.05, 4.69) is 80.8 Å². The predicted octanol–water partition coefficient (Wildman–Crippen LogP) is 4.11. The zero-order valence-corrected chi connectivity index (χ0v) is 14.1. The molecule has 0 radical (unpaired) electrons. The lowest BCUT2D eigenvalue weighted by molar-refractivity contribution is 0.715. The topological polar surface area (TPSA) is 20.2 Å². The molecule has 3 nitrogen and oxygen atoms in total. The fourth-order valence-electron chi connectivity index (χ4n) is 2.94. The summed E-state index contributed by atoms with van der Waals surface area (Å²) in [7, 11) is 4.17. The van der Waals surface area contributed by atoms with Crippen LogP contribution in [0.4, 0.5) is 11.4 Å². The van der Waals surface area contributed by atoms with Crippen LogP contribution >= 0.6 is 0 Å². The van der Waals surface area contributed by atoms with Crippen molar-refractivity contribution in [1.82, 2.24) is 4.57 Å². The number of anilines is 2. The van der Waals surface area contributed by atoms with Gasteiger partial charge in [0.1, 0.15) is 0 Å². The average Bonchev–Trinajstić information content (AvgIpc) is 2.71. The molecule has 0 aliphatic carbocycles. The second-order valence-electron chi connectivity index (χ2n) is 5.89. The van der Waals surface area contributed by atoms with Crippen molar-refractivity contribution in [2.75, 3.05) is 24.3 Å². The molecule has 1 N–H and O–H groups in total. The lowest BCUT2D eigenvalue weighted by Crippen LogP contribution is -2.11. The van der Waals surface area contributed by atoms with Crippen molar-refractivity contribution in [3.05, 3.63) is 46.8 Å². The number of aryl methyl sites for hydroxylation is 2. The standard InChI is InChI=1S/C18H27N3/c1-7-21-14(3)10-16(15(21)4)12-19-17-9-8-13(2)18(11-17)20(5)6/h8-11,19H,7,12H2,1-6H3. The Kier molecular flexibility index (Phi) is 4.61. The van der Waals surface area contributed by atoms with E-state index in [0.29, 0.717) is 0 Å². The highest BCUT2D eigenvalue weighted by atomic mass is 15.1. The Morgan fingerprint density at radius 1 is 1.10 bits per heavy atom. The molecule has 0 aliphatic rings. The molecule has 2 rings (SSSR count). The minimum atomic E-state index is 0.871. The van der Waals surface area contributed by atoms with Gasteiger partial charge in [-0.15, -0.1) is 0 Å². The van der Waals surface area contributed by atoms with Crippen LogP contribution in [0.3, 0.4) is 0 Å². The SMILES string of the molecule is CCn1c(C)cc(CNc2ccc(C)c(N(C)C)c2)c1C. The quantitative estimate of drug-likeness (QED) is 0.892. The van der Waals surface area contributed by atoms with Gasteiger partial charge in [0.25, 0.3) is 0 Å². The van der Waals surface area contributed by atoms with E-state index in [-0.39, 0.29) is 0 Å². The molecule has 0 saturated heterocycles. The molecule has 1 heterocycles. The fraction of sp³-hybridized carbons (Fsp3) is 0.444. The molecule has 114 valence electrons. The van der Waals surface area contributed by atoms with Gasteiger partial charge in [-0.05, 0) is 57.0 Å². The highest BCUT2D eigenvalue weighted by molar-refractivity contribution is 5.62. The number of nitrogens with zero attached hydrogens (tertiary/aromatic N) is 2. The van der Waals surface area contributed by atoms with Gasteiger partial charge in [-0.1, -0.05) is 6.07 Å². The molecule has 0 atom stereocenters. The van der Waals surface area contributed by atoms with Crippen LogP contribution in [-0.4, -0.2) is 18.7 Å². The summed E-state index contributed by atoms with van der Waals surface area (Å²) in [5.74, 6) is 0. The molecule has 0 fully saturated rings. The van der Waals surface area contributed by atoms with Crippen molar-refractivity contribution in [3.8, 4) is 0 Å². The second kappa shape index (κ2) is 6.25. The lowest BCUT2D eigenvalue weighted by Gasteiger charge is -2.17. The van der Waals surface area contributed by atoms with Crippen molar-refractivity contribution in [3.63, 3.8) is 0 Å². The van der Waals surface area contributed by atoms with Crippen LogP contribution in [0.2, 0.25) is 0 Å². The highest BCUT2D eigenvalue weighted by Crippen LogP contribution is 2.23. The third-order valence-electron chi connectivity index (χ3n) is 4.17. The summed E-state index contributed by atoms with van der Waals surface area (Å²) in [5.41, 5.74) is 7.81. The van der Waals surface area contributed by atoms with E-state index in [0.717, 1.165) is 13.1 Å². The first-order valence-electron chi connectivity index (χ1n) is 7.61. The molecule has 0 spiro atoms. The second-order valence-corrected chi connectivity index (χ2v) is 5.89. The number of hydrogen-bond donors (Lipinski definition) is 1. The number of rotatable bonds is 5. The summed E-state index contributed by atoms with van der Waals surface area (Å²) in [6.45, 7) is 10.6. The van der Waals surface area contributed by atoms with Crippen molar-refractivity contribution >= 4 is 11.4 Å². The minimum Gasteiger partial charge on any atom is -0.381 e. The summed E-state index contributed by atoms with van der Waals surface area (Å²) in [5, 5.41) is 3.55. The van der Waals surface area contributed by atoms with Gasteiger partial charge in [0, 0.05) is 49.9 Å². The van der Waals surface area contributed by atoms with E-state index < -0.39 is 0 Å². The Balaban J connectivity index is 2.15. The van der Waals surface area contributed by atoms with E-state index in [1.54, 1.807) is 0 Å². The summed E-state index contributed by atoms with van der Waals surface area (Å²) in [4.78, 5) is 2.16. The number of benzene rings is 1. The number of nitrogens with one attached hydrogen (secondary N) is 1. The Bertz CT molecular complexity index is 624. The van der Waals surface area contributed by atoms with E-state index >= 15 is 0 Å². The van der Waals surface area contributed by atoms with E-state index in [4.69, 9.17) is 0 Å². The smallest absolute Gasteiger partial charge is 0.0418 e. The van der Waals surface area contributed by atoms with E-state index in [1.807, 2.05) is 0 Å². The van der Waals surface area contributed by atoms with Gasteiger partial charge in [-0.3, -0.25) is 0 Å². The Morgan fingerprint density at radius 3 is 2.38 bits per heavy atom. The molecule has 0 aliphatic heterocycles. The minimum absolute atomic E-state index is 0.871. The maximum Gasteiger partial charge on any atom is 0.0418 e. The van der Waals surface area contributed by atoms with E-state index in [1.165, 1.54) is 33.9 Å². The summed E-state index contributed by atoms with van der Waals surface area (Å²) in [6.07, 6.45) is 0. The largest absolute Gasteiger partial charge is 0.381 e. The number of aromatic nitrogens is 1. The lowest BCUT2D eigenvalue weighted by atomic mass is 10.1. The Hall–Kier alpha value is -1.90. The first-order chi connectivity index (χ1) is 9.93. The predicted molar refractivity (Wildman–Crippen MR) is 92.4 cm³/mol. The van der Waals surface area contributed by atoms with Crippen LogP contribution in [0, 0.1) is 20.8 Å². The van der Waals surface area contributed by atoms with Gasteiger partial charge < -0.3 is 14.8 Å². The summed E-state index contributed by atoms with van der Waals surface area (Å²) < 4.78 is 2.36. The Labute approximate surface area is 128 Å². The maximum atomic E-state index is 3.55. The van der Waals surface area contributed by atoms with Crippen LogP contribution in [0.25, 0.3) is 0 Å².